The predicted octanol–water partition coefficient (Wildman–Crippen LogP) is 2.90. The third-order valence-electron chi connectivity index (χ3n) is 4.23. The van der Waals surface area contributed by atoms with Gasteiger partial charge in [0.15, 0.2) is 0 Å². The van der Waals surface area contributed by atoms with Crippen LogP contribution in [-0.4, -0.2) is 40.6 Å². The van der Waals surface area contributed by atoms with Crippen LogP contribution >= 0.6 is 11.6 Å². The van der Waals surface area contributed by atoms with E-state index in [0.717, 1.165) is 24.9 Å². The number of piperidine rings is 1. The second-order valence-corrected chi connectivity index (χ2v) is 6.56. The number of aromatic nitrogens is 2. The van der Waals surface area contributed by atoms with Crippen LogP contribution in [0.1, 0.15) is 18.7 Å². The van der Waals surface area contributed by atoms with Gasteiger partial charge in [-0.25, -0.2) is 0 Å². The number of rotatable bonds is 6. The van der Waals surface area contributed by atoms with Crippen molar-refractivity contribution in [1.29, 1.82) is 0 Å². The highest BCUT2D eigenvalue weighted by molar-refractivity contribution is 6.30. The third-order valence-corrected chi connectivity index (χ3v) is 4.48. The van der Waals surface area contributed by atoms with E-state index in [0.29, 0.717) is 36.4 Å². The molecule has 1 saturated heterocycles. The van der Waals surface area contributed by atoms with Gasteiger partial charge in [-0.2, -0.15) is 4.98 Å². The van der Waals surface area contributed by atoms with Crippen molar-refractivity contribution >= 4 is 17.5 Å². The van der Waals surface area contributed by atoms with E-state index in [-0.39, 0.29) is 11.8 Å². The average Bonchev–Trinajstić information content (AvgIpc) is 3.09. The molecular weight excluding hydrogens is 340 g/mol. The molecule has 1 fully saturated rings. The number of amides is 1. The molecule has 132 valence electrons. The Balaban J connectivity index is 1.59. The van der Waals surface area contributed by atoms with Gasteiger partial charge in [-0.3, -0.25) is 9.69 Å². The quantitative estimate of drug-likeness (QED) is 0.802. The normalized spacial score (nSPS) is 18.0. The molecule has 1 aliphatic rings. The van der Waals surface area contributed by atoms with Crippen LogP contribution in [0.5, 0.6) is 0 Å². The smallest absolute Gasteiger partial charge is 0.241 e. The fraction of sp³-hybridized carbons (Fsp3) is 0.389. The predicted molar refractivity (Wildman–Crippen MR) is 96.0 cm³/mol. The molecule has 0 bridgehead atoms. The Kier molecular flexibility index (Phi) is 5.83. The van der Waals surface area contributed by atoms with Crippen LogP contribution in [0, 0.1) is 5.92 Å². The second kappa shape index (κ2) is 8.27. The van der Waals surface area contributed by atoms with Crippen LogP contribution < -0.4 is 5.32 Å². The molecule has 25 heavy (non-hydrogen) atoms. The Hall–Kier alpha value is -2.18. The van der Waals surface area contributed by atoms with Crippen LogP contribution in [0.25, 0.3) is 11.4 Å². The van der Waals surface area contributed by atoms with Gasteiger partial charge in [0.2, 0.25) is 17.6 Å². The number of hydrogen-bond donors (Lipinski definition) is 1. The van der Waals surface area contributed by atoms with Crippen LogP contribution in [0.2, 0.25) is 5.02 Å². The molecule has 6 nitrogen and oxygen atoms in total. The Morgan fingerprint density at radius 2 is 2.24 bits per heavy atom. The van der Waals surface area contributed by atoms with Crippen LogP contribution in [0.15, 0.2) is 41.4 Å². The first-order valence-electron chi connectivity index (χ1n) is 8.35. The van der Waals surface area contributed by atoms with Crippen molar-refractivity contribution in [3.8, 4) is 11.4 Å². The molecule has 0 radical (unpaired) electrons. The minimum absolute atomic E-state index is 0.00708. The van der Waals surface area contributed by atoms with Gasteiger partial charge in [0.1, 0.15) is 0 Å². The Morgan fingerprint density at radius 1 is 1.44 bits per heavy atom. The average molecular weight is 361 g/mol. The number of carbonyl (C=O) groups excluding carboxylic acids is 1. The van der Waals surface area contributed by atoms with Gasteiger partial charge in [-0.1, -0.05) is 22.8 Å². The van der Waals surface area contributed by atoms with Gasteiger partial charge in [0.25, 0.3) is 0 Å². The molecule has 2 aromatic rings. The molecule has 1 amide bonds. The molecule has 2 heterocycles. The van der Waals surface area contributed by atoms with Crippen molar-refractivity contribution in [3.05, 3.63) is 47.8 Å². The van der Waals surface area contributed by atoms with Gasteiger partial charge >= 0.3 is 0 Å². The molecule has 1 aromatic carbocycles. The van der Waals surface area contributed by atoms with E-state index in [1.807, 2.05) is 12.1 Å². The molecule has 0 spiro atoms. The van der Waals surface area contributed by atoms with Gasteiger partial charge < -0.3 is 9.84 Å². The minimum Gasteiger partial charge on any atom is -0.352 e. The Morgan fingerprint density at radius 3 is 3.00 bits per heavy atom. The Labute approximate surface area is 151 Å². The Bertz CT molecular complexity index is 729. The summed E-state index contributed by atoms with van der Waals surface area (Å²) in [5, 5.41) is 7.57. The zero-order valence-corrected chi connectivity index (χ0v) is 14.7. The van der Waals surface area contributed by atoms with E-state index < -0.39 is 0 Å². The lowest BCUT2D eigenvalue weighted by Gasteiger charge is -2.30. The lowest BCUT2D eigenvalue weighted by Crippen LogP contribution is -2.42. The molecule has 7 heteroatoms. The molecule has 1 aromatic heterocycles. The summed E-state index contributed by atoms with van der Waals surface area (Å²) in [6, 6.07) is 7.31. The van der Waals surface area contributed by atoms with Crippen LogP contribution in [0.3, 0.4) is 0 Å². The fourth-order valence-corrected chi connectivity index (χ4v) is 3.08. The number of hydrogen-bond acceptors (Lipinski definition) is 5. The summed E-state index contributed by atoms with van der Waals surface area (Å²) in [4.78, 5) is 18.8. The van der Waals surface area contributed by atoms with Crippen molar-refractivity contribution in [2.45, 2.75) is 19.4 Å². The first kappa shape index (κ1) is 17.6. The lowest BCUT2D eigenvalue weighted by molar-refractivity contribution is -0.126. The molecule has 1 atom stereocenters. The largest absolute Gasteiger partial charge is 0.352 e. The lowest BCUT2D eigenvalue weighted by atomic mass is 9.97. The van der Waals surface area contributed by atoms with Gasteiger partial charge in [-0.05, 0) is 43.7 Å². The number of carbonyl (C=O) groups is 1. The van der Waals surface area contributed by atoms with Crippen molar-refractivity contribution in [2.24, 2.45) is 5.92 Å². The van der Waals surface area contributed by atoms with Crippen molar-refractivity contribution in [2.75, 3.05) is 19.6 Å². The molecule has 3 rings (SSSR count). The first-order chi connectivity index (χ1) is 12.2. The highest BCUT2D eigenvalue weighted by Gasteiger charge is 2.26. The summed E-state index contributed by atoms with van der Waals surface area (Å²) >= 11 is 5.90. The maximum absolute atomic E-state index is 12.1. The topological polar surface area (TPSA) is 71.3 Å². The third kappa shape index (κ3) is 4.67. The standard InChI is InChI=1S/C18H21ClN4O2/c1-2-9-20-18(24)14-4-3-10-23(11-14)12-16-21-17(22-25-16)13-5-7-15(19)8-6-13/h2,5-8,14H,1,3-4,9-12H2,(H,20,24). The maximum atomic E-state index is 12.1. The summed E-state index contributed by atoms with van der Waals surface area (Å²) in [6.07, 6.45) is 3.57. The fourth-order valence-electron chi connectivity index (χ4n) is 2.96. The number of likely N-dealkylation sites (tertiary alicyclic amines) is 1. The highest BCUT2D eigenvalue weighted by Crippen LogP contribution is 2.21. The highest BCUT2D eigenvalue weighted by atomic mass is 35.5. The monoisotopic (exact) mass is 360 g/mol. The first-order valence-corrected chi connectivity index (χ1v) is 8.73. The van der Waals surface area contributed by atoms with Gasteiger partial charge in [-0.15, -0.1) is 6.58 Å². The summed E-state index contributed by atoms with van der Waals surface area (Å²) in [5.41, 5.74) is 0.861. The molecule has 0 saturated carbocycles. The van der Waals surface area contributed by atoms with Crippen LogP contribution in [0.4, 0.5) is 0 Å². The molecule has 1 N–H and O–H groups in total. The van der Waals surface area contributed by atoms with Crippen molar-refractivity contribution < 1.29 is 9.32 Å². The summed E-state index contributed by atoms with van der Waals surface area (Å²) in [5.74, 6) is 1.17. The van der Waals surface area contributed by atoms with E-state index in [9.17, 15) is 4.79 Å². The van der Waals surface area contributed by atoms with E-state index in [1.165, 1.54) is 0 Å². The summed E-state index contributed by atoms with van der Waals surface area (Å²) in [7, 11) is 0. The SMILES string of the molecule is C=CCNC(=O)C1CCCN(Cc2nc(-c3ccc(Cl)cc3)no2)C1. The number of halogens is 1. The van der Waals surface area contributed by atoms with Crippen molar-refractivity contribution in [1.82, 2.24) is 20.4 Å². The van der Waals surface area contributed by atoms with Crippen molar-refractivity contribution in [3.63, 3.8) is 0 Å². The van der Waals surface area contributed by atoms with E-state index in [2.05, 4.69) is 26.9 Å². The number of nitrogens with one attached hydrogen (secondary N) is 1. The maximum Gasteiger partial charge on any atom is 0.241 e. The second-order valence-electron chi connectivity index (χ2n) is 6.13. The summed E-state index contributed by atoms with van der Waals surface area (Å²) in [6.45, 7) is 6.29. The van der Waals surface area contributed by atoms with Gasteiger partial charge in [0.05, 0.1) is 12.5 Å². The van der Waals surface area contributed by atoms with Crippen LogP contribution in [-0.2, 0) is 11.3 Å². The zero-order chi connectivity index (χ0) is 17.6. The molecular formula is C18H21ClN4O2. The molecule has 0 aliphatic carbocycles. The minimum atomic E-state index is -0.00708. The molecule has 1 unspecified atom stereocenters. The van der Waals surface area contributed by atoms with E-state index >= 15 is 0 Å². The van der Waals surface area contributed by atoms with E-state index in [1.54, 1.807) is 18.2 Å². The number of nitrogens with zero attached hydrogens (tertiary/aromatic N) is 3. The van der Waals surface area contributed by atoms with E-state index in [4.69, 9.17) is 16.1 Å². The summed E-state index contributed by atoms with van der Waals surface area (Å²) < 4.78 is 5.36. The number of benzene rings is 1. The molecule has 1 aliphatic heterocycles. The van der Waals surface area contributed by atoms with Gasteiger partial charge in [0, 0.05) is 23.7 Å². The zero-order valence-electron chi connectivity index (χ0n) is 13.9.